The average molecular weight is 326 g/mol. The molecular formula is C18H22N4O2. The van der Waals surface area contributed by atoms with Crippen LogP contribution in [0, 0.1) is 0 Å². The van der Waals surface area contributed by atoms with Crippen molar-refractivity contribution in [2.24, 2.45) is 0 Å². The van der Waals surface area contributed by atoms with Gasteiger partial charge in [-0.25, -0.2) is 0 Å². The zero-order valence-electron chi connectivity index (χ0n) is 13.8. The van der Waals surface area contributed by atoms with Crippen LogP contribution in [-0.2, 0) is 6.54 Å². The first-order valence-electron chi connectivity index (χ1n) is 8.09. The largest absolute Gasteiger partial charge is 0.391 e. The first-order valence-corrected chi connectivity index (χ1v) is 8.09. The topological polar surface area (TPSA) is 83.2 Å². The van der Waals surface area contributed by atoms with E-state index in [1.807, 2.05) is 49.5 Å². The first-order chi connectivity index (χ1) is 11.6. The molecule has 0 aliphatic rings. The summed E-state index contributed by atoms with van der Waals surface area (Å²) in [5, 5.41) is 29.0. The van der Waals surface area contributed by atoms with Crippen LogP contribution in [0.5, 0.6) is 0 Å². The van der Waals surface area contributed by atoms with Gasteiger partial charge in [0, 0.05) is 30.4 Å². The van der Waals surface area contributed by atoms with E-state index in [9.17, 15) is 10.2 Å². The van der Waals surface area contributed by atoms with Crippen molar-refractivity contribution in [3.63, 3.8) is 0 Å². The third kappa shape index (κ3) is 3.39. The van der Waals surface area contributed by atoms with Gasteiger partial charge in [0.1, 0.15) is 11.9 Å². The fraction of sp³-hybridized carbons (Fsp3) is 0.333. The molecule has 0 saturated heterocycles. The van der Waals surface area contributed by atoms with E-state index >= 15 is 0 Å². The molecule has 0 bridgehead atoms. The summed E-state index contributed by atoms with van der Waals surface area (Å²) in [6, 6.07) is 11.0. The molecular weight excluding hydrogens is 304 g/mol. The highest BCUT2D eigenvalue weighted by atomic mass is 16.3. The van der Waals surface area contributed by atoms with Crippen molar-refractivity contribution in [1.82, 2.24) is 14.8 Å². The Hall–Kier alpha value is -2.44. The van der Waals surface area contributed by atoms with Crippen LogP contribution in [0.2, 0.25) is 0 Å². The molecule has 126 valence electrons. The summed E-state index contributed by atoms with van der Waals surface area (Å²) >= 11 is 0. The molecule has 6 nitrogen and oxygen atoms in total. The number of aliphatic hydroxyl groups excluding tert-OH is 2. The molecule has 3 N–H and O–H groups in total. The van der Waals surface area contributed by atoms with E-state index in [4.69, 9.17) is 0 Å². The SMILES string of the molecule is CCn1ccc(N[C@H](c2ccc3ncccc3c2)[C@H](O)[C@H](C)O)n1. The van der Waals surface area contributed by atoms with Gasteiger partial charge in [0.2, 0.25) is 0 Å². The molecule has 0 aliphatic heterocycles. The maximum atomic E-state index is 10.5. The van der Waals surface area contributed by atoms with Crippen LogP contribution in [0.4, 0.5) is 5.82 Å². The summed E-state index contributed by atoms with van der Waals surface area (Å²) in [7, 11) is 0. The smallest absolute Gasteiger partial charge is 0.148 e. The van der Waals surface area contributed by atoms with Crippen molar-refractivity contribution in [1.29, 1.82) is 0 Å². The third-order valence-electron chi connectivity index (χ3n) is 4.09. The van der Waals surface area contributed by atoms with Gasteiger partial charge in [-0.05, 0) is 37.6 Å². The molecule has 2 heterocycles. The molecule has 6 heteroatoms. The van der Waals surface area contributed by atoms with Crippen LogP contribution in [0.15, 0.2) is 48.8 Å². The summed E-state index contributed by atoms with van der Waals surface area (Å²) in [5.74, 6) is 0.660. The summed E-state index contributed by atoms with van der Waals surface area (Å²) in [6.07, 6.45) is 1.78. The third-order valence-corrected chi connectivity index (χ3v) is 4.09. The Balaban J connectivity index is 1.95. The summed E-state index contributed by atoms with van der Waals surface area (Å²) in [4.78, 5) is 4.31. The number of aliphatic hydroxyl groups is 2. The first kappa shape index (κ1) is 16.4. The summed E-state index contributed by atoms with van der Waals surface area (Å²) in [5.41, 5.74) is 1.76. The Morgan fingerprint density at radius 3 is 2.75 bits per heavy atom. The van der Waals surface area contributed by atoms with Crippen molar-refractivity contribution in [2.75, 3.05) is 5.32 Å². The molecule has 0 unspecified atom stereocenters. The normalized spacial score (nSPS) is 15.2. The standard InChI is InChI=1S/C18H22N4O2/c1-3-22-10-8-16(21-22)20-17(18(24)12(2)23)14-6-7-15-13(11-14)5-4-9-19-15/h4-12,17-18,23-24H,3H2,1-2H3,(H,20,21)/t12-,17+,18+/m0/s1. The van der Waals surface area contributed by atoms with Gasteiger partial charge in [-0.2, -0.15) is 5.10 Å². The molecule has 0 fully saturated rings. The minimum absolute atomic E-state index is 0.477. The molecule has 0 amide bonds. The van der Waals surface area contributed by atoms with Crippen LogP contribution < -0.4 is 5.32 Å². The van der Waals surface area contributed by atoms with E-state index in [1.54, 1.807) is 17.8 Å². The highest BCUT2D eigenvalue weighted by molar-refractivity contribution is 5.79. The second-order valence-corrected chi connectivity index (χ2v) is 5.87. The molecule has 3 rings (SSSR count). The Morgan fingerprint density at radius 2 is 2.04 bits per heavy atom. The summed E-state index contributed by atoms with van der Waals surface area (Å²) in [6.45, 7) is 4.36. The van der Waals surface area contributed by atoms with E-state index in [2.05, 4.69) is 15.4 Å². The van der Waals surface area contributed by atoms with E-state index in [1.165, 1.54) is 0 Å². The number of aryl methyl sites for hydroxylation is 1. The van der Waals surface area contributed by atoms with Gasteiger partial charge in [-0.1, -0.05) is 12.1 Å². The Kier molecular flexibility index (Phi) is 4.78. The Labute approximate surface area is 140 Å². The van der Waals surface area contributed by atoms with Crippen LogP contribution in [0.25, 0.3) is 10.9 Å². The van der Waals surface area contributed by atoms with Crippen LogP contribution >= 0.6 is 0 Å². The van der Waals surface area contributed by atoms with Gasteiger partial charge in [-0.15, -0.1) is 0 Å². The van der Waals surface area contributed by atoms with E-state index in [0.29, 0.717) is 5.82 Å². The number of hydrogen-bond acceptors (Lipinski definition) is 5. The number of benzene rings is 1. The molecule has 0 aliphatic carbocycles. The minimum atomic E-state index is -0.967. The van der Waals surface area contributed by atoms with Gasteiger partial charge < -0.3 is 15.5 Å². The van der Waals surface area contributed by atoms with Gasteiger partial charge in [0.05, 0.1) is 17.7 Å². The molecule has 0 spiro atoms. The van der Waals surface area contributed by atoms with Crippen molar-refractivity contribution < 1.29 is 10.2 Å². The number of aromatic nitrogens is 3. The number of rotatable bonds is 6. The van der Waals surface area contributed by atoms with Crippen LogP contribution in [0.3, 0.4) is 0 Å². The van der Waals surface area contributed by atoms with Crippen LogP contribution in [-0.4, -0.2) is 37.2 Å². The maximum absolute atomic E-state index is 10.5. The number of hydrogen-bond donors (Lipinski definition) is 3. The number of nitrogens with one attached hydrogen (secondary N) is 1. The van der Waals surface area contributed by atoms with Gasteiger partial charge in [-0.3, -0.25) is 9.67 Å². The van der Waals surface area contributed by atoms with E-state index < -0.39 is 18.2 Å². The molecule has 2 aromatic heterocycles. The average Bonchev–Trinajstić information content (AvgIpc) is 3.06. The highest BCUT2D eigenvalue weighted by Gasteiger charge is 2.26. The van der Waals surface area contributed by atoms with Gasteiger partial charge >= 0.3 is 0 Å². The van der Waals surface area contributed by atoms with E-state index in [-0.39, 0.29) is 0 Å². The van der Waals surface area contributed by atoms with Crippen LogP contribution in [0.1, 0.15) is 25.5 Å². The zero-order chi connectivity index (χ0) is 17.1. The molecule has 1 aromatic carbocycles. The van der Waals surface area contributed by atoms with Crippen molar-refractivity contribution in [2.45, 2.75) is 38.6 Å². The van der Waals surface area contributed by atoms with E-state index in [0.717, 1.165) is 23.0 Å². The van der Waals surface area contributed by atoms with Crippen molar-refractivity contribution in [3.8, 4) is 0 Å². The molecule has 3 aromatic rings. The Bertz CT molecular complexity index is 815. The fourth-order valence-corrected chi connectivity index (χ4v) is 2.71. The number of anilines is 1. The zero-order valence-corrected chi connectivity index (χ0v) is 13.8. The highest BCUT2D eigenvalue weighted by Crippen LogP contribution is 2.26. The second-order valence-electron chi connectivity index (χ2n) is 5.87. The van der Waals surface area contributed by atoms with Gasteiger partial charge in [0.25, 0.3) is 0 Å². The predicted octanol–water partition coefficient (Wildman–Crippen LogP) is 2.35. The lowest BCUT2D eigenvalue weighted by atomic mass is 9.96. The molecule has 0 saturated carbocycles. The maximum Gasteiger partial charge on any atom is 0.148 e. The summed E-state index contributed by atoms with van der Waals surface area (Å²) < 4.78 is 1.80. The van der Waals surface area contributed by atoms with Crippen molar-refractivity contribution >= 4 is 16.7 Å². The van der Waals surface area contributed by atoms with Crippen molar-refractivity contribution in [3.05, 3.63) is 54.4 Å². The monoisotopic (exact) mass is 326 g/mol. The number of nitrogens with zero attached hydrogens (tertiary/aromatic N) is 3. The molecule has 24 heavy (non-hydrogen) atoms. The second kappa shape index (κ2) is 6.98. The minimum Gasteiger partial charge on any atom is -0.391 e. The number of pyridine rings is 1. The predicted molar refractivity (Wildman–Crippen MR) is 93.7 cm³/mol. The lowest BCUT2D eigenvalue weighted by Gasteiger charge is -2.26. The molecule has 0 radical (unpaired) electrons. The lowest BCUT2D eigenvalue weighted by Crippen LogP contribution is -2.34. The number of fused-ring (bicyclic) bond motifs is 1. The quantitative estimate of drug-likeness (QED) is 0.647. The lowest BCUT2D eigenvalue weighted by molar-refractivity contribution is 0.0189. The fourth-order valence-electron chi connectivity index (χ4n) is 2.71. The van der Waals surface area contributed by atoms with Gasteiger partial charge in [0.15, 0.2) is 0 Å². The molecule has 3 atom stereocenters. The Morgan fingerprint density at radius 1 is 1.21 bits per heavy atom.